The fourth-order valence-corrected chi connectivity index (χ4v) is 4.75. The Morgan fingerprint density at radius 3 is 2.12 bits per heavy atom. The van der Waals surface area contributed by atoms with E-state index in [1.54, 1.807) is 66.7 Å². The minimum Gasteiger partial charge on any atom is -0.494 e. The van der Waals surface area contributed by atoms with E-state index >= 15 is 0 Å². The number of H-pyrrole nitrogens is 1. The van der Waals surface area contributed by atoms with E-state index in [-0.39, 0.29) is 19.0 Å². The fourth-order valence-electron chi connectivity index (χ4n) is 4.63. The maximum absolute atomic E-state index is 13.3. The SMILES string of the molecule is Nc1ccc2[nH]c(O)c(C(=Nc3ccc(CN(Cc4ccc(Cl)cc4)CC(F)(F)F)cc3)c3ccccc3)c2c1. The van der Waals surface area contributed by atoms with Gasteiger partial charge in [0.15, 0.2) is 5.88 Å². The van der Waals surface area contributed by atoms with Crippen LogP contribution in [0.25, 0.3) is 10.9 Å². The van der Waals surface area contributed by atoms with Crippen molar-refractivity contribution < 1.29 is 18.3 Å². The van der Waals surface area contributed by atoms with Crippen LogP contribution in [0.4, 0.5) is 24.5 Å². The van der Waals surface area contributed by atoms with Crippen LogP contribution in [0.15, 0.2) is 102 Å². The third kappa shape index (κ3) is 6.65. The normalized spacial score (nSPS) is 12.4. The first-order chi connectivity index (χ1) is 19.1. The quantitative estimate of drug-likeness (QED) is 0.133. The lowest BCUT2D eigenvalue weighted by atomic mass is 10.0. The molecule has 0 aliphatic rings. The number of hydrogen-bond acceptors (Lipinski definition) is 4. The summed E-state index contributed by atoms with van der Waals surface area (Å²) in [6.45, 7) is -0.825. The van der Waals surface area contributed by atoms with E-state index in [0.717, 1.165) is 16.5 Å². The molecule has 5 aromatic rings. The van der Waals surface area contributed by atoms with Gasteiger partial charge in [-0.15, -0.1) is 0 Å². The molecule has 0 spiro atoms. The van der Waals surface area contributed by atoms with E-state index < -0.39 is 12.7 Å². The molecule has 1 aromatic heterocycles. The van der Waals surface area contributed by atoms with Crippen LogP contribution in [0.3, 0.4) is 0 Å². The van der Waals surface area contributed by atoms with Crippen LogP contribution in [-0.4, -0.2) is 33.4 Å². The van der Waals surface area contributed by atoms with Gasteiger partial charge in [0.1, 0.15) is 0 Å². The molecule has 0 atom stereocenters. The molecule has 9 heteroatoms. The molecule has 0 aliphatic carbocycles. The molecule has 0 saturated heterocycles. The van der Waals surface area contributed by atoms with Crippen molar-refractivity contribution >= 4 is 39.6 Å². The van der Waals surface area contributed by atoms with Gasteiger partial charge in [-0.1, -0.05) is 66.2 Å². The van der Waals surface area contributed by atoms with E-state index in [1.165, 1.54) is 4.90 Å². The largest absolute Gasteiger partial charge is 0.494 e. The molecule has 1 heterocycles. The molecule has 0 bridgehead atoms. The van der Waals surface area contributed by atoms with E-state index in [9.17, 15) is 18.3 Å². The maximum atomic E-state index is 13.3. The zero-order valence-electron chi connectivity index (χ0n) is 21.3. The Morgan fingerprint density at radius 1 is 0.875 bits per heavy atom. The lowest BCUT2D eigenvalue weighted by Gasteiger charge is -2.24. The summed E-state index contributed by atoms with van der Waals surface area (Å²) >= 11 is 5.93. The molecular formula is C31H26ClF3N4O. The van der Waals surface area contributed by atoms with E-state index in [1.807, 2.05) is 30.3 Å². The average molecular weight is 563 g/mol. The van der Waals surface area contributed by atoms with Gasteiger partial charge >= 0.3 is 6.18 Å². The average Bonchev–Trinajstić information content (AvgIpc) is 3.23. The number of hydrogen-bond donors (Lipinski definition) is 3. The highest BCUT2D eigenvalue weighted by Crippen LogP contribution is 2.33. The van der Waals surface area contributed by atoms with Crippen molar-refractivity contribution in [3.05, 3.63) is 124 Å². The van der Waals surface area contributed by atoms with Crippen LogP contribution in [-0.2, 0) is 13.1 Å². The van der Waals surface area contributed by atoms with Gasteiger partial charge in [-0.25, -0.2) is 4.99 Å². The highest BCUT2D eigenvalue weighted by molar-refractivity contribution is 6.30. The number of nitrogen functional groups attached to an aromatic ring is 1. The van der Waals surface area contributed by atoms with Crippen molar-refractivity contribution in [2.75, 3.05) is 12.3 Å². The predicted molar refractivity (Wildman–Crippen MR) is 154 cm³/mol. The molecule has 0 fully saturated rings. The summed E-state index contributed by atoms with van der Waals surface area (Å²) in [5.74, 6) is -0.0372. The first-order valence-electron chi connectivity index (χ1n) is 12.5. The third-order valence-corrected chi connectivity index (χ3v) is 6.64. The first-order valence-corrected chi connectivity index (χ1v) is 12.9. The second-order valence-corrected chi connectivity index (χ2v) is 9.97. The van der Waals surface area contributed by atoms with Gasteiger partial charge in [-0.3, -0.25) is 4.90 Å². The summed E-state index contributed by atoms with van der Waals surface area (Å²) in [4.78, 5) is 9.17. The predicted octanol–water partition coefficient (Wildman–Crippen LogP) is 7.84. The van der Waals surface area contributed by atoms with E-state index in [4.69, 9.17) is 22.3 Å². The molecule has 0 aliphatic heterocycles. The Morgan fingerprint density at radius 2 is 1.50 bits per heavy atom. The number of halogens is 4. The lowest BCUT2D eigenvalue weighted by molar-refractivity contribution is -0.148. The number of benzene rings is 4. The van der Waals surface area contributed by atoms with Gasteiger partial charge in [0.25, 0.3) is 0 Å². The molecule has 0 amide bonds. The van der Waals surface area contributed by atoms with Gasteiger partial charge < -0.3 is 15.8 Å². The summed E-state index contributed by atoms with van der Waals surface area (Å²) in [7, 11) is 0. The lowest BCUT2D eigenvalue weighted by Crippen LogP contribution is -2.33. The summed E-state index contributed by atoms with van der Waals surface area (Å²) in [6.07, 6.45) is -4.34. The molecule has 0 saturated carbocycles. The zero-order valence-corrected chi connectivity index (χ0v) is 22.0. The smallest absolute Gasteiger partial charge is 0.401 e. The number of nitrogens with two attached hydrogens (primary N) is 1. The second kappa shape index (κ2) is 11.5. The zero-order chi connectivity index (χ0) is 28.3. The monoisotopic (exact) mass is 562 g/mol. The Labute approximate surface area is 234 Å². The number of aromatic amines is 1. The number of nitrogens with zero attached hydrogens (tertiary/aromatic N) is 2. The Kier molecular flexibility index (Phi) is 7.82. The third-order valence-electron chi connectivity index (χ3n) is 6.39. The van der Waals surface area contributed by atoms with Crippen molar-refractivity contribution in [3.63, 3.8) is 0 Å². The van der Waals surface area contributed by atoms with Crippen molar-refractivity contribution in [1.29, 1.82) is 0 Å². The molecule has 0 radical (unpaired) electrons. The van der Waals surface area contributed by atoms with Gasteiger partial charge in [0.2, 0.25) is 0 Å². The van der Waals surface area contributed by atoms with Crippen LogP contribution in [0.5, 0.6) is 5.88 Å². The number of nitrogens with one attached hydrogen (secondary N) is 1. The topological polar surface area (TPSA) is 77.6 Å². The molecule has 40 heavy (non-hydrogen) atoms. The van der Waals surface area contributed by atoms with Crippen molar-refractivity contribution in [1.82, 2.24) is 9.88 Å². The van der Waals surface area contributed by atoms with Crippen LogP contribution < -0.4 is 5.73 Å². The molecular weight excluding hydrogens is 537 g/mol. The number of alkyl halides is 3. The first kappa shape index (κ1) is 27.3. The Balaban J connectivity index is 1.46. The fraction of sp³-hybridized carbons (Fsp3) is 0.129. The Bertz CT molecular complexity index is 1630. The van der Waals surface area contributed by atoms with Crippen molar-refractivity contribution in [3.8, 4) is 5.88 Å². The summed E-state index contributed by atoms with van der Waals surface area (Å²) in [5, 5.41) is 12.1. The number of aliphatic imine (C=N–C) groups is 1. The molecule has 0 unspecified atom stereocenters. The number of fused-ring (bicyclic) bond motifs is 1. The van der Waals surface area contributed by atoms with Crippen LogP contribution in [0.2, 0.25) is 5.02 Å². The van der Waals surface area contributed by atoms with Gasteiger partial charge in [0.05, 0.1) is 23.5 Å². The van der Waals surface area contributed by atoms with Gasteiger partial charge in [-0.05, 0) is 53.6 Å². The molecule has 4 N–H and O–H groups in total. The van der Waals surface area contributed by atoms with Gasteiger partial charge in [0, 0.05) is 40.3 Å². The van der Waals surface area contributed by atoms with Crippen LogP contribution in [0, 0.1) is 0 Å². The molecule has 4 aromatic carbocycles. The second-order valence-electron chi connectivity index (χ2n) is 9.53. The summed E-state index contributed by atoms with van der Waals surface area (Å²) < 4.78 is 40.0. The maximum Gasteiger partial charge on any atom is 0.401 e. The van der Waals surface area contributed by atoms with E-state index in [2.05, 4.69) is 4.98 Å². The number of anilines is 1. The molecule has 204 valence electrons. The number of aromatic hydroxyl groups is 1. The highest BCUT2D eigenvalue weighted by Gasteiger charge is 2.30. The van der Waals surface area contributed by atoms with Gasteiger partial charge in [-0.2, -0.15) is 13.2 Å². The van der Waals surface area contributed by atoms with Crippen molar-refractivity contribution in [2.24, 2.45) is 4.99 Å². The minimum atomic E-state index is -4.34. The van der Waals surface area contributed by atoms with Crippen LogP contribution >= 0.6 is 11.6 Å². The standard InChI is InChI=1S/C31H26ClF3N4O/c32-23-10-6-20(7-11-23)17-39(19-31(33,34)35)18-21-8-13-25(14-9-21)37-29(22-4-2-1-3-5-22)28-26-16-24(36)12-15-27(26)38-30(28)40/h1-16,38,40H,17-19,36H2. The van der Waals surface area contributed by atoms with Crippen molar-refractivity contribution in [2.45, 2.75) is 19.3 Å². The minimum absolute atomic E-state index is 0.0372. The summed E-state index contributed by atoms with van der Waals surface area (Å²) in [6, 6.07) is 28.6. The van der Waals surface area contributed by atoms with E-state index in [0.29, 0.717) is 38.8 Å². The number of rotatable bonds is 8. The highest BCUT2D eigenvalue weighted by atomic mass is 35.5. The molecule has 5 rings (SSSR count). The number of aromatic nitrogens is 1. The molecule has 5 nitrogen and oxygen atoms in total. The van der Waals surface area contributed by atoms with Crippen LogP contribution in [0.1, 0.15) is 22.3 Å². The summed E-state index contributed by atoms with van der Waals surface area (Å²) in [5.41, 5.74) is 11.1. The Hall–Kier alpha value is -4.27.